The molecule has 0 spiro atoms. The summed E-state index contributed by atoms with van der Waals surface area (Å²) in [6.07, 6.45) is 0. The molecule has 3 heteroatoms. The van der Waals surface area contributed by atoms with Crippen LogP contribution in [0.15, 0.2) is 30.3 Å². The highest BCUT2D eigenvalue weighted by molar-refractivity contribution is 5.59. The van der Waals surface area contributed by atoms with E-state index >= 15 is 0 Å². The second-order valence-electron chi connectivity index (χ2n) is 5.31. The van der Waals surface area contributed by atoms with E-state index in [1.54, 1.807) is 0 Å². The van der Waals surface area contributed by atoms with Crippen molar-refractivity contribution in [2.24, 2.45) is 5.73 Å². The molecule has 1 aromatic carbocycles. The Morgan fingerprint density at radius 2 is 1.82 bits per heavy atom. The van der Waals surface area contributed by atoms with E-state index in [0.717, 1.165) is 17.0 Å². The lowest BCUT2D eigenvalue weighted by Gasteiger charge is -2.18. The van der Waals surface area contributed by atoms with E-state index < -0.39 is 0 Å². The molecule has 0 radical (unpaired) electrons. The average molecular weight is 229 g/mol. The van der Waals surface area contributed by atoms with Crippen molar-refractivity contribution in [1.82, 2.24) is 10.2 Å². The Labute approximate surface area is 102 Å². The van der Waals surface area contributed by atoms with E-state index in [9.17, 15) is 0 Å². The first-order valence-electron chi connectivity index (χ1n) is 5.86. The van der Waals surface area contributed by atoms with Crippen LogP contribution in [0.25, 0.3) is 11.3 Å². The van der Waals surface area contributed by atoms with Crippen LogP contribution in [0.3, 0.4) is 0 Å². The zero-order valence-corrected chi connectivity index (χ0v) is 10.6. The van der Waals surface area contributed by atoms with Crippen molar-refractivity contribution in [2.75, 3.05) is 0 Å². The molecule has 0 amide bonds. The van der Waals surface area contributed by atoms with Gasteiger partial charge >= 0.3 is 0 Å². The SMILES string of the molecule is CC(C)(C)c1ccc(-c2cc(CN)[nH]n2)cc1. The van der Waals surface area contributed by atoms with Gasteiger partial charge in [0.1, 0.15) is 0 Å². The number of aromatic amines is 1. The van der Waals surface area contributed by atoms with E-state index in [4.69, 9.17) is 5.73 Å². The topological polar surface area (TPSA) is 54.7 Å². The number of nitrogens with zero attached hydrogens (tertiary/aromatic N) is 1. The zero-order valence-electron chi connectivity index (χ0n) is 10.6. The van der Waals surface area contributed by atoms with E-state index in [1.807, 2.05) is 6.07 Å². The van der Waals surface area contributed by atoms with Crippen molar-refractivity contribution in [2.45, 2.75) is 32.7 Å². The van der Waals surface area contributed by atoms with E-state index in [-0.39, 0.29) is 5.41 Å². The first kappa shape index (κ1) is 11.9. The zero-order chi connectivity index (χ0) is 12.5. The highest BCUT2D eigenvalue weighted by Gasteiger charge is 2.13. The van der Waals surface area contributed by atoms with Crippen molar-refractivity contribution in [3.05, 3.63) is 41.6 Å². The maximum absolute atomic E-state index is 5.55. The predicted octanol–water partition coefficient (Wildman–Crippen LogP) is 2.83. The number of H-pyrrole nitrogens is 1. The molecule has 0 saturated carbocycles. The normalized spacial score (nSPS) is 11.8. The van der Waals surface area contributed by atoms with Crippen LogP contribution in [0.5, 0.6) is 0 Å². The van der Waals surface area contributed by atoms with Crippen LogP contribution < -0.4 is 5.73 Å². The quantitative estimate of drug-likeness (QED) is 0.832. The Hall–Kier alpha value is -1.61. The van der Waals surface area contributed by atoms with Crippen molar-refractivity contribution < 1.29 is 0 Å². The van der Waals surface area contributed by atoms with Crippen LogP contribution >= 0.6 is 0 Å². The van der Waals surface area contributed by atoms with Crippen molar-refractivity contribution >= 4 is 0 Å². The van der Waals surface area contributed by atoms with Crippen molar-refractivity contribution in [1.29, 1.82) is 0 Å². The summed E-state index contributed by atoms with van der Waals surface area (Å²) in [6, 6.07) is 10.5. The second kappa shape index (κ2) is 4.34. The van der Waals surface area contributed by atoms with Gasteiger partial charge < -0.3 is 5.73 Å². The molecule has 3 nitrogen and oxygen atoms in total. The Kier molecular flexibility index (Phi) is 3.03. The molecule has 3 N–H and O–H groups in total. The molecule has 90 valence electrons. The van der Waals surface area contributed by atoms with Crippen LogP contribution in [0.1, 0.15) is 32.0 Å². The summed E-state index contributed by atoms with van der Waals surface area (Å²) in [5.41, 5.74) is 10.1. The van der Waals surface area contributed by atoms with Crippen LogP contribution in [-0.4, -0.2) is 10.2 Å². The molecule has 0 aliphatic heterocycles. The molecule has 0 unspecified atom stereocenters. The molecule has 2 rings (SSSR count). The number of nitrogens with two attached hydrogens (primary N) is 1. The molecule has 17 heavy (non-hydrogen) atoms. The summed E-state index contributed by atoms with van der Waals surface area (Å²) >= 11 is 0. The van der Waals surface area contributed by atoms with Gasteiger partial charge in [0.2, 0.25) is 0 Å². The highest BCUT2D eigenvalue weighted by Crippen LogP contribution is 2.25. The number of aromatic nitrogens is 2. The van der Waals surface area contributed by atoms with Crippen LogP contribution in [0.4, 0.5) is 0 Å². The summed E-state index contributed by atoms with van der Waals surface area (Å²) in [5, 5.41) is 7.17. The Morgan fingerprint density at radius 3 is 2.29 bits per heavy atom. The van der Waals surface area contributed by atoms with Crippen molar-refractivity contribution in [3.63, 3.8) is 0 Å². The number of hydrogen-bond acceptors (Lipinski definition) is 2. The van der Waals surface area contributed by atoms with Gasteiger partial charge in [-0.25, -0.2) is 0 Å². The molecular weight excluding hydrogens is 210 g/mol. The lowest BCUT2D eigenvalue weighted by molar-refractivity contribution is 0.590. The standard InChI is InChI=1S/C14H19N3/c1-14(2,3)11-6-4-10(5-7-11)13-8-12(9-15)16-17-13/h4-8H,9,15H2,1-3H3,(H,16,17). The molecule has 1 heterocycles. The fourth-order valence-corrected chi connectivity index (χ4v) is 1.76. The molecule has 0 aliphatic rings. The number of hydrogen-bond donors (Lipinski definition) is 2. The molecule has 0 saturated heterocycles. The van der Waals surface area contributed by atoms with Gasteiger partial charge in [-0.1, -0.05) is 45.0 Å². The highest BCUT2D eigenvalue weighted by atomic mass is 15.1. The third-order valence-electron chi connectivity index (χ3n) is 2.90. The van der Waals surface area contributed by atoms with Gasteiger partial charge in [0.05, 0.1) is 5.69 Å². The lowest BCUT2D eigenvalue weighted by Crippen LogP contribution is -2.10. The maximum atomic E-state index is 5.55. The fourth-order valence-electron chi connectivity index (χ4n) is 1.76. The molecule has 0 fully saturated rings. The lowest BCUT2D eigenvalue weighted by atomic mass is 9.86. The van der Waals surface area contributed by atoms with Gasteiger partial charge in [0.15, 0.2) is 0 Å². The fraction of sp³-hybridized carbons (Fsp3) is 0.357. The summed E-state index contributed by atoms with van der Waals surface area (Å²) in [5.74, 6) is 0. The van der Waals surface area contributed by atoms with Crippen LogP contribution in [0, 0.1) is 0 Å². The van der Waals surface area contributed by atoms with Crippen LogP contribution in [-0.2, 0) is 12.0 Å². The van der Waals surface area contributed by atoms with Gasteiger partial charge in [0, 0.05) is 17.8 Å². The van der Waals surface area contributed by atoms with Gasteiger partial charge in [-0.3, -0.25) is 5.10 Å². The largest absolute Gasteiger partial charge is 0.325 e. The molecule has 0 atom stereocenters. The first-order valence-corrected chi connectivity index (χ1v) is 5.86. The van der Waals surface area contributed by atoms with E-state index in [2.05, 4.69) is 55.2 Å². The Balaban J connectivity index is 2.29. The second-order valence-corrected chi connectivity index (χ2v) is 5.31. The van der Waals surface area contributed by atoms with Gasteiger partial charge in [0.25, 0.3) is 0 Å². The summed E-state index contributed by atoms with van der Waals surface area (Å²) in [4.78, 5) is 0. The molecular formula is C14H19N3. The van der Waals surface area contributed by atoms with Crippen LogP contribution in [0.2, 0.25) is 0 Å². The minimum atomic E-state index is 0.187. The van der Waals surface area contributed by atoms with Gasteiger partial charge in [-0.2, -0.15) is 5.10 Å². The maximum Gasteiger partial charge on any atom is 0.0924 e. The summed E-state index contributed by atoms with van der Waals surface area (Å²) in [7, 11) is 0. The number of nitrogens with one attached hydrogen (secondary N) is 1. The van der Waals surface area contributed by atoms with Gasteiger partial charge in [-0.15, -0.1) is 0 Å². The third-order valence-corrected chi connectivity index (χ3v) is 2.90. The van der Waals surface area contributed by atoms with Crippen molar-refractivity contribution in [3.8, 4) is 11.3 Å². The average Bonchev–Trinajstić information content (AvgIpc) is 2.76. The molecule has 0 aliphatic carbocycles. The minimum Gasteiger partial charge on any atom is -0.325 e. The molecule has 2 aromatic rings. The summed E-state index contributed by atoms with van der Waals surface area (Å²) in [6.45, 7) is 7.13. The minimum absolute atomic E-state index is 0.187. The smallest absolute Gasteiger partial charge is 0.0924 e. The molecule has 0 bridgehead atoms. The Bertz CT molecular complexity index is 489. The summed E-state index contributed by atoms with van der Waals surface area (Å²) < 4.78 is 0. The van der Waals surface area contributed by atoms with Gasteiger partial charge in [-0.05, 0) is 17.0 Å². The number of rotatable bonds is 2. The molecule has 1 aromatic heterocycles. The number of benzene rings is 1. The van der Waals surface area contributed by atoms with E-state index in [1.165, 1.54) is 5.56 Å². The monoisotopic (exact) mass is 229 g/mol. The Morgan fingerprint density at radius 1 is 1.18 bits per heavy atom. The first-order chi connectivity index (χ1) is 8.00. The third kappa shape index (κ3) is 2.56. The predicted molar refractivity (Wildman–Crippen MR) is 70.6 cm³/mol. The van der Waals surface area contributed by atoms with E-state index in [0.29, 0.717) is 6.54 Å².